The molecule has 1 fully saturated rings. The maximum Gasteiger partial charge on any atom is 0.254 e. The van der Waals surface area contributed by atoms with E-state index in [0.29, 0.717) is 35.2 Å². The molecule has 0 radical (unpaired) electrons. The lowest BCUT2D eigenvalue weighted by atomic mass is 10.1. The van der Waals surface area contributed by atoms with Crippen LogP contribution >= 0.6 is 11.6 Å². The summed E-state index contributed by atoms with van der Waals surface area (Å²) in [4.78, 5) is 21.8. The van der Waals surface area contributed by atoms with Crippen LogP contribution in [0.4, 0.5) is 0 Å². The van der Waals surface area contributed by atoms with Crippen LogP contribution in [0.1, 0.15) is 16.1 Å². The van der Waals surface area contributed by atoms with E-state index in [0.717, 1.165) is 31.0 Å². The molecule has 7 nitrogen and oxygen atoms in total. The van der Waals surface area contributed by atoms with Gasteiger partial charge in [0.25, 0.3) is 5.91 Å². The van der Waals surface area contributed by atoms with Crippen LogP contribution in [0.5, 0.6) is 11.5 Å². The fraction of sp³-hybridized carbons (Fsp3) is 0.333. The molecule has 0 aliphatic carbocycles. The Morgan fingerprint density at radius 3 is 2.62 bits per heavy atom. The first-order valence-electron chi connectivity index (χ1n) is 9.45. The molecule has 4 rings (SSSR count). The van der Waals surface area contributed by atoms with E-state index in [1.807, 2.05) is 33.7 Å². The summed E-state index contributed by atoms with van der Waals surface area (Å²) < 4.78 is 12.6. The summed E-state index contributed by atoms with van der Waals surface area (Å²) in [7, 11) is 3.05. The fourth-order valence-electron chi connectivity index (χ4n) is 3.63. The van der Waals surface area contributed by atoms with Crippen molar-refractivity contribution in [1.29, 1.82) is 0 Å². The zero-order valence-corrected chi connectivity index (χ0v) is 17.2. The summed E-state index contributed by atoms with van der Waals surface area (Å²) in [5.74, 6) is 0.831. The lowest BCUT2D eigenvalue weighted by Crippen LogP contribution is -2.48. The van der Waals surface area contributed by atoms with E-state index in [9.17, 15) is 4.79 Å². The molecule has 3 aromatic rings. The number of aromatic nitrogens is 2. The molecule has 8 heteroatoms. The molecule has 29 heavy (non-hydrogen) atoms. The molecule has 0 spiro atoms. The molecule has 0 atom stereocenters. The Labute approximate surface area is 174 Å². The second kappa shape index (κ2) is 8.31. The number of carbonyl (C=O) groups excluding carboxylic acids is 1. The van der Waals surface area contributed by atoms with Gasteiger partial charge in [-0.3, -0.25) is 9.69 Å². The van der Waals surface area contributed by atoms with Crippen LogP contribution in [-0.2, 0) is 6.54 Å². The zero-order chi connectivity index (χ0) is 20.4. The number of piperazine rings is 1. The van der Waals surface area contributed by atoms with Gasteiger partial charge in [-0.05, 0) is 24.3 Å². The van der Waals surface area contributed by atoms with Gasteiger partial charge in [-0.2, -0.15) is 0 Å². The largest absolute Gasteiger partial charge is 0.493 e. The van der Waals surface area contributed by atoms with Crippen LogP contribution in [0.3, 0.4) is 0 Å². The van der Waals surface area contributed by atoms with Crippen LogP contribution in [-0.4, -0.2) is 65.5 Å². The second-order valence-corrected chi connectivity index (χ2v) is 7.37. The summed E-state index contributed by atoms with van der Waals surface area (Å²) in [5, 5.41) is 0.362. The van der Waals surface area contributed by atoms with E-state index in [-0.39, 0.29) is 5.91 Å². The third-order valence-electron chi connectivity index (χ3n) is 5.14. The quantitative estimate of drug-likeness (QED) is 0.642. The predicted molar refractivity (Wildman–Crippen MR) is 111 cm³/mol. The Kier molecular flexibility index (Phi) is 5.60. The summed E-state index contributed by atoms with van der Waals surface area (Å²) in [6, 6.07) is 9.28. The van der Waals surface area contributed by atoms with Crippen LogP contribution in [0.2, 0.25) is 5.02 Å². The number of methoxy groups -OCH3 is 2. The van der Waals surface area contributed by atoms with Gasteiger partial charge in [0.2, 0.25) is 0 Å². The van der Waals surface area contributed by atoms with E-state index >= 15 is 0 Å². The maximum atomic E-state index is 12.9. The zero-order valence-electron chi connectivity index (χ0n) is 16.5. The monoisotopic (exact) mass is 414 g/mol. The normalized spacial score (nSPS) is 14.9. The van der Waals surface area contributed by atoms with Gasteiger partial charge in [-0.25, -0.2) is 4.98 Å². The van der Waals surface area contributed by atoms with Crippen LogP contribution < -0.4 is 9.47 Å². The summed E-state index contributed by atoms with van der Waals surface area (Å²) in [5.41, 5.74) is 2.48. The molecule has 2 aromatic heterocycles. The number of hydrogen-bond acceptors (Lipinski definition) is 5. The van der Waals surface area contributed by atoms with Crippen molar-refractivity contribution in [1.82, 2.24) is 19.2 Å². The highest BCUT2D eigenvalue weighted by atomic mass is 35.5. The number of benzene rings is 1. The predicted octanol–water partition coefficient (Wildman–Crippen LogP) is 2.96. The fourth-order valence-corrected chi connectivity index (χ4v) is 3.91. The number of rotatable bonds is 5. The SMILES string of the molecule is COc1cc(C(=O)N2CCN(Cc3cn4ccccc4n3)CC2)cc(Cl)c1OC. The van der Waals surface area contributed by atoms with Crippen LogP contribution in [0, 0.1) is 0 Å². The van der Waals surface area contributed by atoms with Gasteiger partial charge in [-0.1, -0.05) is 17.7 Å². The molecule has 0 N–H and O–H groups in total. The van der Waals surface area contributed by atoms with Gasteiger partial charge < -0.3 is 18.8 Å². The van der Waals surface area contributed by atoms with Gasteiger partial charge in [-0.15, -0.1) is 0 Å². The van der Waals surface area contributed by atoms with Crippen molar-refractivity contribution < 1.29 is 14.3 Å². The lowest BCUT2D eigenvalue weighted by Gasteiger charge is -2.34. The van der Waals surface area contributed by atoms with Gasteiger partial charge in [0, 0.05) is 50.7 Å². The molecule has 1 aliphatic rings. The average Bonchev–Trinajstić information content (AvgIpc) is 3.15. The van der Waals surface area contributed by atoms with E-state index in [1.54, 1.807) is 12.1 Å². The van der Waals surface area contributed by atoms with Gasteiger partial charge in [0.05, 0.1) is 24.9 Å². The summed E-state index contributed by atoms with van der Waals surface area (Å²) in [6.45, 7) is 3.66. The Morgan fingerprint density at radius 1 is 1.14 bits per heavy atom. The molecule has 1 aromatic carbocycles. The number of ether oxygens (including phenoxy) is 2. The molecule has 1 amide bonds. The average molecular weight is 415 g/mol. The minimum atomic E-state index is -0.0553. The highest BCUT2D eigenvalue weighted by Crippen LogP contribution is 2.36. The van der Waals surface area contributed by atoms with Gasteiger partial charge in [0.15, 0.2) is 11.5 Å². The van der Waals surface area contributed by atoms with E-state index in [4.69, 9.17) is 21.1 Å². The molecular formula is C21H23ClN4O3. The number of halogens is 1. The minimum absolute atomic E-state index is 0.0553. The number of imidazole rings is 1. The van der Waals surface area contributed by atoms with Crippen molar-refractivity contribution in [2.75, 3.05) is 40.4 Å². The number of pyridine rings is 1. The van der Waals surface area contributed by atoms with Crippen molar-refractivity contribution in [2.24, 2.45) is 0 Å². The van der Waals surface area contributed by atoms with Crippen molar-refractivity contribution in [3.8, 4) is 11.5 Å². The number of carbonyl (C=O) groups is 1. The first kappa shape index (κ1) is 19.5. The molecule has 0 unspecified atom stereocenters. The molecule has 1 saturated heterocycles. The summed E-state index contributed by atoms with van der Waals surface area (Å²) in [6.07, 6.45) is 4.05. The van der Waals surface area contributed by atoms with E-state index in [2.05, 4.69) is 16.1 Å². The Hall–Kier alpha value is -2.77. The summed E-state index contributed by atoms with van der Waals surface area (Å²) >= 11 is 6.25. The van der Waals surface area contributed by atoms with Crippen LogP contribution in [0.15, 0.2) is 42.7 Å². The molecular weight excluding hydrogens is 392 g/mol. The van der Waals surface area contributed by atoms with Gasteiger partial charge in [0.1, 0.15) is 5.65 Å². The van der Waals surface area contributed by atoms with Crippen molar-refractivity contribution in [3.05, 3.63) is 59.0 Å². The standard InChI is InChI=1S/C21H23ClN4O3/c1-28-18-12-15(11-17(22)20(18)29-2)21(27)25-9-7-24(8-10-25)13-16-14-26-6-4-3-5-19(26)23-16/h3-6,11-12,14H,7-10,13H2,1-2H3. The van der Waals surface area contributed by atoms with Gasteiger partial charge >= 0.3 is 0 Å². The number of fused-ring (bicyclic) bond motifs is 1. The van der Waals surface area contributed by atoms with E-state index in [1.165, 1.54) is 14.2 Å². The van der Waals surface area contributed by atoms with Crippen molar-refractivity contribution in [2.45, 2.75) is 6.54 Å². The topological polar surface area (TPSA) is 59.3 Å². The third-order valence-corrected chi connectivity index (χ3v) is 5.42. The maximum absolute atomic E-state index is 12.9. The Bertz CT molecular complexity index is 995. The first-order chi connectivity index (χ1) is 14.1. The number of amides is 1. The van der Waals surface area contributed by atoms with Crippen LogP contribution in [0.25, 0.3) is 5.65 Å². The number of nitrogens with zero attached hydrogens (tertiary/aromatic N) is 4. The van der Waals surface area contributed by atoms with E-state index < -0.39 is 0 Å². The Balaban J connectivity index is 1.40. The molecule has 0 bridgehead atoms. The lowest BCUT2D eigenvalue weighted by molar-refractivity contribution is 0.0627. The molecule has 152 valence electrons. The second-order valence-electron chi connectivity index (χ2n) is 6.96. The molecule has 1 aliphatic heterocycles. The highest BCUT2D eigenvalue weighted by Gasteiger charge is 2.24. The van der Waals surface area contributed by atoms with Crippen molar-refractivity contribution in [3.63, 3.8) is 0 Å². The Morgan fingerprint density at radius 2 is 1.93 bits per heavy atom. The highest BCUT2D eigenvalue weighted by molar-refractivity contribution is 6.32. The first-order valence-corrected chi connectivity index (χ1v) is 9.82. The third kappa shape index (κ3) is 4.02. The van der Waals surface area contributed by atoms with Crippen molar-refractivity contribution >= 4 is 23.2 Å². The number of hydrogen-bond donors (Lipinski definition) is 0. The minimum Gasteiger partial charge on any atom is -0.493 e. The smallest absolute Gasteiger partial charge is 0.254 e. The molecule has 3 heterocycles. The molecule has 0 saturated carbocycles.